The molecule has 0 unspecified atom stereocenters. The van der Waals surface area contributed by atoms with Crippen molar-refractivity contribution >= 4 is 0 Å². The van der Waals surface area contributed by atoms with Crippen LogP contribution in [0, 0.1) is 29.0 Å². The van der Waals surface area contributed by atoms with Crippen LogP contribution in [0.25, 0.3) is 0 Å². The normalized spacial score (nSPS) is 30.2. The van der Waals surface area contributed by atoms with Crippen molar-refractivity contribution in [1.82, 2.24) is 0 Å². The van der Waals surface area contributed by atoms with E-state index in [2.05, 4.69) is 6.07 Å². The Morgan fingerprint density at radius 2 is 1.68 bits per heavy atom. The number of hydrogen-bond acceptors (Lipinski definition) is 2. The molecular formula is C22H28FNO. The van der Waals surface area contributed by atoms with Crippen LogP contribution in [0.15, 0.2) is 36.4 Å². The van der Waals surface area contributed by atoms with E-state index in [1.165, 1.54) is 31.2 Å². The Bertz CT molecular complexity index is 587. The molecule has 2 aliphatic carbocycles. The predicted molar refractivity (Wildman–Crippen MR) is 97.6 cm³/mol. The van der Waals surface area contributed by atoms with Crippen molar-refractivity contribution in [2.24, 2.45) is 11.8 Å². The van der Waals surface area contributed by atoms with Gasteiger partial charge in [-0.25, -0.2) is 4.39 Å². The van der Waals surface area contributed by atoms with E-state index in [4.69, 9.17) is 10.00 Å². The Morgan fingerprint density at radius 1 is 1.00 bits per heavy atom. The number of hydrogen-bond donors (Lipinski definition) is 0. The monoisotopic (exact) mass is 341 g/mol. The highest BCUT2D eigenvalue weighted by molar-refractivity contribution is 5.20. The van der Waals surface area contributed by atoms with Crippen LogP contribution < -0.4 is 0 Å². The molecule has 1 aromatic rings. The zero-order chi connectivity index (χ0) is 17.5. The van der Waals surface area contributed by atoms with Gasteiger partial charge in [0, 0.05) is 12.7 Å². The topological polar surface area (TPSA) is 33.0 Å². The van der Waals surface area contributed by atoms with Gasteiger partial charge in [-0.15, -0.1) is 0 Å². The van der Waals surface area contributed by atoms with Crippen LogP contribution in [-0.4, -0.2) is 12.7 Å². The Balaban J connectivity index is 1.35. The molecule has 0 aliphatic heterocycles. The van der Waals surface area contributed by atoms with Gasteiger partial charge in [0.1, 0.15) is 5.82 Å². The summed E-state index contributed by atoms with van der Waals surface area (Å²) >= 11 is 0. The second-order valence-corrected chi connectivity index (χ2v) is 7.63. The summed E-state index contributed by atoms with van der Waals surface area (Å²) in [6.45, 7) is 0.888. The molecule has 0 bridgehead atoms. The summed E-state index contributed by atoms with van der Waals surface area (Å²) in [7, 11) is 0. The first kappa shape index (κ1) is 18.1. The van der Waals surface area contributed by atoms with E-state index in [-0.39, 0.29) is 5.82 Å². The van der Waals surface area contributed by atoms with Gasteiger partial charge < -0.3 is 4.74 Å². The highest BCUT2D eigenvalue weighted by Crippen LogP contribution is 2.36. The lowest BCUT2D eigenvalue weighted by Gasteiger charge is -2.32. The molecule has 3 heteroatoms. The second kappa shape index (κ2) is 9.15. The van der Waals surface area contributed by atoms with Crippen LogP contribution in [0.2, 0.25) is 0 Å². The molecule has 0 spiro atoms. The Morgan fingerprint density at radius 3 is 2.32 bits per heavy atom. The maximum absolute atomic E-state index is 13.0. The summed E-state index contributed by atoms with van der Waals surface area (Å²) < 4.78 is 19.2. The summed E-state index contributed by atoms with van der Waals surface area (Å²) in [5, 5.41) is 8.60. The summed E-state index contributed by atoms with van der Waals surface area (Å²) in [6.07, 6.45) is 13.4. The maximum atomic E-state index is 13.0. The lowest BCUT2D eigenvalue weighted by atomic mass is 9.79. The van der Waals surface area contributed by atoms with Crippen molar-refractivity contribution < 1.29 is 9.13 Å². The number of rotatable bonds is 5. The van der Waals surface area contributed by atoms with E-state index < -0.39 is 0 Å². The van der Waals surface area contributed by atoms with Crippen LogP contribution in [0.1, 0.15) is 62.8 Å². The van der Waals surface area contributed by atoms with Crippen LogP contribution in [-0.2, 0) is 4.74 Å². The number of nitriles is 1. The third-order valence-electron chi connectivity index (χ3n) is 5.92. The average Bonchev–Trinajstić information content (AvgIpc) is 2.67. The Labute approximate surface area is 150 Å². The van der Waals surface area contributed by atoms with E-state index in [1.54, 1.807) is 18.2 Å². The van der Waals surface area contributed by atoms with Gasteiger partial charge in [0.05, 0.1) is 12.2 Å². The average molecular weight is 341 g/mol. The zero-order valence-corrected chi connectivity index (χ0v) is 14.9. The molecule has 134 valence electrons. The molecule has 2 aliphatic rings. The first-order chi connectivity index (χ1) is 12.2. The van der Waals surface area contributed by atoms with Crippen molar-refractivity contribution in [2.45, 2.75) is 63.4 Å². The molecule has 0 atom stereocenters. The summed E-state index contributed by atoms with van der Waals surface area (Å²) in [4.78, 5) is 0. The van der Waals surface area contributed by atoms with E-state index in [9.17, 15) is 4.39 Å². The van der Waals surface area contributed by atoms with Gasteiger partial charge in [0.15, 0.2) is 0 Å². The van der Waals surface area contributed by atoms with Gasteiger partial charge in [-0.3, -0.25) is 0 Å². The SMILES string of the molecule is N#C/C=C/[C@H]1CC[C@H](OC[C@H]2CC[C@H](c3ccc(F)cc3)CC2)CC1. The molecule has 25 heavy (non-hydrogen) atoms. The van der Waals surface area contributed by atoms with Gasteiger partial charge in [-0.05, 0) is 86.8 Å². The number of nitrogens with zero attached hydrogens (tertiary/aromatic N) is 1. The molecule has 2 nitrogen and oxygen atoms in total. The highest BCUT2D eigenvalue weighted by Gasteiger charge is 2.25. The molecule has 2 saturated carbocycles. The van der Waals surface area contributed by atoms with Crippen LogP contribution in [0.3, 0.4) is 0 Å². The first-order valence-corrected chi connectivity index (χ1v) is 9.68. The minimum Gasteiger partial charge on any atom is -0.378 e. The molecule has 3 rings (SSSR count). The lowest BCUT2D eigenvalue weighted by Crippen LogP contribution is -2.25. The number of halogens is 1. The standard InChI is InChI=1S/C22H28FNO/c23-21-11-9-20(10-12-21)19-7-3-18(4-8-19)16-25-22-13-5-17(6-14-22)2-1-15-24/h1-2,9-12,17-19,22H,3-8,13-14,16H2/b2-1+/t17-,18-,19-,22-. The molecule has 2 fully saturated rings. The fraction of sp³-hybridized carbons (Fsp3) is 0.591. The Hall–Kier alpha value is -1.66. The molecule has 0 radical (unpaired) electrons. The largest absolute Gasteiger partial charge is 0.378 e. The quantitative estimate of drug-likeness (QED) is 0.638. The van der Waals surface area contributed by atoms with Crippen molar-refractivity contribution in [2.75, 3.05) is 6.61 Å². The van der Waals surface area contributed by atoms with Crippen LogP contribution in [0.5, 0.6) is 0 Å². The van der Waals surface area contributed by atoms with Gasteiger partial charge in [-0.2, -0.15) is 5.26 Å². The van der Waals surface area contributed by atoms with E-state index in [1.807, 2.05) is 18.2 Å². The van der Waals surface area contributed by atoms with E-state index in [0.717, 1.165) is 32.3 Å². The minimum absolute atomic E-state index is 0.149. The summed E-state index contributed by atoms with van der Waals surface area (Å²) in [6, 6.07) is 9.12. The number of allylic oxidation sites excluding steroid dienone is 2. The van der Waals surface area contributed by atoms with Crippen molar-refractivity contribution in [3.63, 3.8) is 0 Å². The number of ether oxygens (including phenoxy) is 1. The van der Waals surface area contributed by atoms with E-state index in [0.29, 0.717) is 23.9 Å². The minimum atomic E-state index is -0.149. The van der Waals surface area contributed by atoms with Crippen molar-refractivity contribution in [3.05, 3.63) is 47.8 Å². The molecule has 0 aromatic heterocycles. The summed E-state index contributed by atoms with van der Waals surface area (Å²) in [5.74, 6) is 1.67. The van der Waals surface area contributed by atoms with Crippen LogP contribution in [0.4, 0.5) is 4.39 Å². The van der Waals surface area contributed by atoms with E-state index >= 15 is 0 Å². The molecule has 0 N–H and O–H groups in total. The molecular weight excluding hydrogens is 313 g/mol. The fourth-order valence-corrected chi connectivity index (χ4v) is 4.30. The highest BCUT2D eigenvalue weighted by atomic mass is 19.1. The van der Waals surface area contributed by atoms with Crippen molar-refractivity contribution in [1.29, 1.82) is 5.26 Å². The van der Waals surface area contributed by atoms with Gasteiger partial charge in [0.25, 0.3) is 0 Å². The molecule has 0 saturated heterocycles. The molecule has 1 aromatic carbocycles. The van der Waals surface area contributed by atoms with Gasteiger partial charge in [-0.1, -0.05) is 18.2 Å². The summed E-state index contributed by atoms with van der Waals surface area (Å²) in [5.41, 5.74) is 1.28. The zero-order valence-electron chi connectivity index (χ0n) is 14.9. The third-order valence-corrected chi connectivity index (χ3v) is 5.92. The van der Waals surface area contributed by atoms with Crippen LogP contribution >= 0.6 is 0 Å². The lowest BCUT2D eigenvalue weighted by molar-refractivity contribution is -0.00456. The maximum Gasteiger partial charge on any atom is 0.123 e. The number of benzene rings is 1. The fourth-order valence-electron chi connectivity index (χ4n) is 4.30. The van der Waals surface area contributed by atoms with Gasteiger partial charge >= 0.3 is 0 Å². The Kier molecular flexibility index (Phi) is 6.64. The second-order valence-electron chi connectivity index (χ2n) is 7.63. The van der Waals surface area contributed by atoms with Gasteiger partial charge in [0.2, 0.25) is 0 Å². The molecule has 0 amide bonds. The third kappa shape index (κ3) is 5.41. The first-order valence-electron chi connectivity index (χ1n) is 9.68. The smallest absolute Gasteiger partial charge is 0.123 e. The molecule has 0 heterocycles. The predicted octanol–water partition coefficient (Wildman–Crippen LogP) is 5.75. The van der Waals surface area contributed by atoms with Crippen molar-refractivity contribution in [3.8, 4) is 6.07 Å².